The van der Waals surface area contributed by atoms with Crippen LogP contribution in [0.4, 0.5) is 0 Å². The van der Waals surface area contributed by atoms with Crippen LogP contribution in [0, 0.1) is 11.8 Å². The zero-order valence-corrected chi connectivity index (χ0v) is 20.2. The highest BCUT2D eigenvalue weighted by Gasteiger charge is 2.27. The van der Waals surface area contributed by atoms with E-state index in [1.165, 1.54) is 0 Å². The Balaban J connectivity index is 2.14. The van der Waals surface area contributed by atoms with Crippen molar-refractivity contribution in [2.75, 3.05) is 27.3 Å². The van der Waals surface area contributed by atoms with Gasteiger partial charge in [-0.1, -0.05) is 26.5 Å². The normalized spacial score (nSPS) is 16.1. The van der Waals surface area contributed by atoms with Gasteiger partial charge >= 0.3 is 0 Å². The number of likely N-dealkylation sites (tertiary alicyclic amines) is 1. The first-order chi connectivity index (χ1) is 15.2. The summed E-state index contributed by atoms with van der Waals surface area (Å²) in [5, 5.41) is 0. The maximum absolute atomic E-state index is 13.0. The predicted molar refractivity (Wildman–Crippen MR) is 127 cm³/mol. The second-order valence-electron chi connectivity index (χ2n) is 8.48. The Bertz CT molecular complexity index is 866. The molecule has 1 saturated heterocycles. The fraction of sp³-hybridized carbons (Fsp3) is 0.520. The van der Waals surface area contributed by atoms with Crippen molar-refractivity contribution in [2.24, 2.45) is 17.6 Å². The number of rotatable bonds is 9. The van der Waals surface area contributed by atoms with E-state index in [9.17, 15) is 4.79 Å². The third-order valence-corrected chi connectivity index (χ3v) is 5.54. The summed E-state index contributed by atoms with van der Waals surface area (Å²) < 4.78 is 16.7. The van der Waals surface area contributed by atoms with E-state index in [4.69, 9.17) is 19.9 Å². The van der Waals surface area contributed by atoms with Crippen molar-refractivity contribution >= 4 is 5.91 Å². The largest absolute Gasteiger partial charge is 0.496 e. The fourth-order valence-electron chi connectivity index (χ4n) is 3.65. The van der Waals surface area contributed by atoms with Crippen LogP contribution in [0.2, 0.25) is 0 Å². The van der Waals surface area contributed by atoms with Crippen LogP contribution in [0.3, 0.4) is 0 Å². The van der Waals surface area contributed by atoms with E-state index in [-0.39, 0.29) is 23.8 Å². The van der Waals surface area contributed by atoms with E-state index in [1.54, 1.807) is 26.5 Å². The molecule has 0 aliphatic carbocycles. The molecule has 0 saturated carbocycles. The van der Waals surface area contributed by atoms with Crippen LogP contribution in [-0.2, 0) is 4.74 Å². The third kappa shape index (κ3) is 6.28. The van der Waals surface area contributed by atoms with Crippen LogP contribution >= 0.6 is 0 Å². The summed E-state index contributed by atoms with van der Waals surface area (Å²) in [4.78, 5) is 19.2. The highest BCUT2D eigenvalue weighted by atomic mass is 16.5. The van der Waals surface area contributed by atoms with Crippen molar-refractivity contribution in [3.63, 3.8) is 0 Å². The lowest BCUT2D eigenvalue weighted by Gasteiger charge is -2.33. The van der Waals surface area contributed by atoms with Crippen molar-refractivity contribution in [2.45, 2.75) is 46.6 Å². The van der Waals surface area contributed by atoms with Gasteiger partial charge in [0.2, 0.25) is 0 Å². The molecule has 0 aromatic carbocycles. The van der Waals surface area contributed by atoms with E-state index in [2.05, 4.69) is 11.6 Å². The molecule has 1 aromatic rings. The van der Waals surface area contributed by atoms with Crippen LogP contribution in [0.1, 0.15) is 51.0 Å². The first-order valence-corrected chi connectivity index (χ1v) is 11.1. The zero-order valence-electron chi connectivity index (χ0n) is 20.2. The van der Waals surface area contributed by atoms with Gasteiger partial charge in [-0.25, -0.2) is 4.98 Å². The highest BCUT2D eigenvalue weighted by Crippen LogP contribution is 2.31. The van der Waals surface area contributed by atoms with Gasteiger partial charge in [-0.15, -0.1) is 0 Å². The molecule has 0 unspecified atom stereocenters. The van der Waals surface area contributed by atoms with E-state index >= 15 is 0 Å². The Morgan fingerprint density at radius 3 is 2.38 bits per heavy atom. The Morgan fingerprint density at radius 1 is 1.22 bits per heavy atom. The minimum atomic E-state index is -0.113. The summed E-state index contributed by atoms with van der Waals surface area (Å²) >= 11 is 0. The average molecular weight is 444 g/mol. The molecule has 1 aliphatic rings. The molecule has 1 aliphatic heterocycles. The Kier molecular flexibility index (Phi) is 9.17. The maximum Gasteiger partial charge on any atom is 0.272 e. The number of nitrogens with zero attached hydrogens (tertiary/aromatic N) is 2. The molecule has 2 rings (SSSR count). The van der Waals surface area contributed by atoms with Gasteiger partial charge in [0.05, 0.1) is 26.5 Å². The van der Waals surface area contributed by atoms with Gasteiger partial charge in [0.25, 0.3) is 5.91 Å². The number of piperidine rings is 1. The summed E-state index contributed by atoms with van der Waals surface area (Å²) in [7, 11) is 3.20. The van der Waals surface area contributed by atoms with Crippen molar-refractivity contribution in [1.82, 2.24) is 9.88 Å². The number of allylic oxidation sites excluding steroid dienone is 4. The number of carbonyl (C=O) groups is 1. The number of ether oxygens (including phenoxy) is 3. The molecular weight excluding hydrogens is 406 g/mol. The molecule has 1 amide bonds. The summed E-state index contributed by atoms with van der Waals surface area (Å²) in [6.45, 7) is 13.2. The van der Waals surface area contributed by atoms with Gasteiger partial charge in [0.1, 0.15) is 11.5 Å². The Labute approximate surface area is 191 Å². The first-order valence-electron chi connectivity index (χ1n) is 11.1. The lowest BCUT2D eigenvalue weighted by atomic mass is 9.87. The topological polar surface area (TPSA) is 86.9 Å². The number of hydrogen-bond donors (Lipinski definition) is 1. The smallest absolute Gasteiger partial charge is 0.272 e. The number of pyridine rings is 1. The van der Waals surface area contributed by atoms with Crippen molar-refractivity contribution in [1.29, 1.82) is 0 Å². The quantitative estimate of drug-likeness (QED) is 0.452. The van der Waals surface area contributed by atoms with Gasteiger partial charge in [-0.05, 0) is 50.2 Å². The van der Waals surface area contributed by atoms with Gasteiger partial charge in [0.15, 0.2) is 11.5 Å². The van der Waals surface area contributed by atoms with E-state index in [0.29, 0.717) is 30.3 Å². The number of aromatic nitrogens is 1. The van der Waals surface area contributed by atoms with Crippen LogP contribution in [0.25, 0.3) is 0 Å². The molecule has 1 aromatic heterocycles. The molecule has 0 radical (unpaired) electrons. The molecule has 2 heterocycles. The zero-order chi connectivity index (χ0) is 23.8. The maximum atomic E-state index is 13.0. The molecule has 2 N–H and O–H groups in total. The molecular formula is C25H37N3O4. The van der Waals surface area contributed by atoms with Gasteiger partial charge in [-0.3, -0.25) is 4.79 Å². The minimum Gasteiger partial charge on any atom is -0.496 e. The van der Waals surface area contributed by atoms with Crippen LogP contribution in [0.15, 0.2) is 48.0 Å². The third-order valence-electron chi connectivity index (χ3n) is 5.54. The van der Waals surface area contributed by atoms with Gasteiger partial charge in [0, 0.05) is 24.9 Å². The average Bonchev–Trinajstić information content (AvgIpc) is 2.78. The minimum absolute atomic E-state index is 0.0129. The summed E-state index contributed by atoms with van der Waals surface area (Å²) in [5.74, 6) is 2.13. The molecule has 1 fully saturated rings. The summed E-state index contributed by atoms with van der Waals surface area (Å²) in [6, 6.07) is 1.64. The van der Waals surface area contributed by atoms with E-state index in [1.807, 2.05) is 44.7 Å². The molecule has 0 bridgehead atoms. The lowest BCUT2D eigenvalue weighted by molar-refractivity contribution is 0.0695. The van der Waals surface area contributed by atoms with Gasteiger partial charge in [-0.2, -0.15) is 0 Å². The molecule has 0 atom stereocenters. The fourth-order valence-corrected chi connectivity index (χ4v) is 3.65. The predicted octanol–water partition coefficient (Wildman–Crippen LogP) is 4.31. The summed E-state index contributed by atoms with van der Waals surface area (Å²) in [6.07, 6.45) is 6.87. The Morgan fingerprint density at radius 2 is 1.88 bits per heavy atom. The van der Waals surface area contributed by atoms with E-state index in [0.717, 1.165) is 29.9 Å². The molecule has 7 nitrogen and oxygen atoms in total. The van der Waals surface area contributed by atoms with Crippen LogP contribution < -0.4 is 15.2 Å². The van der Waals surface area contributed by atoms with Crippen molar-refractivity contribution in [3.05, 3.63) is 53.7 Å². The molecule has 7 heteroatoms. The molecule has 176 valence electrons. The monoisotopic (exact) mass is 443 g/mol. The number of nitrogens with two attached hydrogens (primary N) is 1. The van der Waals surface area contributed by atoms with Crippen molar-refractivity contribution in [3.8, 4) is 11.5 Å². The second-order valence-corrected chi connectivity index (χ2v) is 8.48. The van der Waals surface area contributed by atoms with Gasteiger partial charge < -0.3 is 24.8 Å². The standard InChI is InChI=1S/C25H37N3O4/c1-8-19(22(30-6)13-20(26)16(2)3)18-9-11-28(12-10-18)25(29)21-14-23(31-7)24(15-27-21)32-17(4)5/h8,13-18H,1,9-12,26H2,2-7H3/b20-13+,22-19-. The number of carbonyl (C=O) groups excluding carboxylic acids is 1. The SMILES string of the molecule is C=C/C(=C(\C=C(\N)C(C)C)OC)C1CCN(C(=O)c2cc(OC)c(OC(C)C)cn2)CC1. The number of amides is 1. The highest BCUT2D eigenvalue weighted by molar-refractivity contribution is 5.93. The Hall–Kier alpha value is -2.96. The first kappa shape index (κ1) is 25.3. The second kappa shape index (κ2) is 11.6. The van der Waals surface area contributed by atoms with Crippen molar-refractivity contribution < 1.29 is 19.0 Å². The molecule has 0 spiro atoms. The summed E-state index contributed by atoms with van der Waals surface area (Å²) in [5.41, 5.74) is 8.27. The number of hydrogen-bond acceptors (Lipinski definition) is 6. The molecule has 32 heavy (non-hydrogen) atoms. The van der Waals surface area contributed by atoms with Crippen LogP contribution in [-0.4, -0.2) is 49.2 Å². The lowest BCUT2D eigenvalue weighted by Crippen LogP contribution is -2.39. The number of methoxy groups -OCH3 is 2. The van der Waals surface area contributed by atoms with E-state index < -0.39 is 0 Å². The van der Waals surface area contributed by atoms with Crippen LogP contribution in [0.5, 0.6) is 11.5 Å².